The van der Waals surface area contributed by atoms with Crippen LogP contribution in [0.5, 0.6) is 0 Å². The van der Waals surface area contributed by atoms with Crippen molar-refractivity contribution in [3.63, 3.8) is 0 Å². The molecule has 1 fully saturated rings. The Bertz CT molecular complexity index is 618. The molecule has 1 aromatic rings. The molecule has 5 atom stereocenters. The van der Waals surface area contributed by atoms with Gasteiger partial charge < -0.3 is 13.8 Å². The molecule has 0 saturated carbocycles. The van der Waals surface area contributed by atoms with Crippen molar-refractivity contribution >= 4 is 8.53 Å². The first-order valence-electron chi connectivity index (χ1n) is 10.00. The minimum Gasteiger partial charge on any atom is -0.364 e. The maximum Gasteiger partial charge on any atom is 0.259 e. The average molecular weight is 410 g/mol. The normalized spacial score (nSPS) is 26.1. The summed E-state index contributed by atoms with van der Waals surface area (Å²) in [4.78, 5) is 0. The van der Waals surface area contributed by atoms with Crippen molar-refractivity contribution in [3.05, 3.63) is 35.9 Å². The molecule has 0 amide bonds. The van der Waals surface area contributed by atoms with E-state index in [1.807, 2.05) is 37.3 Å². The SMILES string of the molecule is CC[C@H]1O[C@@H](c2ccccc2)[C@H](F)[C@@H]1OP(OCCC#N)N(C(C)C)C(C)C. The number of hydrogen-bond acceptors (Lipinski definition) is 5. The van der Waals surface area contributed by atoms with Crippen molar-refractivity contribution in [1.29, 1.82) is 5.26 Å². The first-order valence-corrected chi connectivity index (χ1v) is 11.1. The molecule has 0 spiro atoms. The number of alkyl halides is 1. The zero-order valence-corrected chi connectivity index (χ0v) is 18.3. The Morgan fingerprint density at radius 1 is 1.21 bits per heavy atom. The van der Waals surface area contributed by atoms with Crippen LogP contribution in [-0.2, 0) is 13.8 Å². The molecule has 156 valence electrons. The van der Waals surface area contributed by atoms with Crippen molar-refractivity contribution in [2.24, 2.45) is 0 Å². The van der Waals surface area contributed by atoms with Crippen LogP contribution in [0.4, 0.5) is 4.39 Å². The summed E-state index contributed by atoms with van der Waals surface area (Å²) in [5.41, 5.74) is 0.818. The number of ether oxygens (including phenoxy) is 1. The maximum absolute atomic E-state index is 15.4. The van der Waals surface area contributed by atoms with Gasteiger partial charge in [-0.1, -0.05) is 37.3 Å². The Balaban J connectivity index is 2.21. The van der Waals surface area contributed by atoms with E-state index in [0.717, 1.165) is 5.56 Å². The van der Waals surface area contributed by atoms with Gasteiger partial charge in [-0.05, 0) is 39.7 Å². The third-order valence-electron chi connectivity index (χ3n) is 4.70. The van der Waals surface area contributed by atoms with Crippen LogP contribution in [0.15, 0.2) is 30.3 Å². The molecule has 0 radical (unpaired) electrons. The average Bonchev–Trinajstić information content (AvgIpc) is 2.98. The van der Waals surface area contributed by atoms with Crippen molar-refractivity contribution in [2.75, 3.05) is 6.61 Å². The summed E-state index contributed by atoms with van der Waals surface area (Å²) in [6, 6.07) is 11.9. The van der Waals surface area contributed by atoms with E-state index in [-0.39, 0.29) is 31.2 Å². The molecule has 0 bridgehead atoms. The second-order valence-electron chi connectivity index (χ2n) is 7.48. The lowest BCUT2D eigenvalue weighted by Gasteiger charge is -2.37. The van der Waals surface area contributed by atoms with E-state index in [0.29, 0.717) is 6.42 Å². The van der Waals surface area contributed by atoms with E-state index in [1.165, 1.54) is 0 Å². The van der Waals surface area contributed by atoms with E-state index in [4.69, 9.17) is 19.0 Å². The monoisotopic (exact) mass is 410 g/mol. The van der Waals surface area contributed by atoms with Gasteiger partial charge in [-0.15, -0.1) is 0 Å². The zero-order valence-electron chi connectivity index (χ0n) is 17.4. The van der Waals surface area contributed by atoms with E-state index in [2.05, 4.69) is 38.4 Å². The lowest BCUT2D eigenvalue weighted by Crippen LogP contribution is -2.37. The van der Waals surface area contributed by atoms with Crippen LogP contribution < -0.4 is 0 Å². The summed E-state index contributed by atoms with van der Waals surface area (Å²) in [5.74, 6) is 0. The van der Waals surface area contributed by atoms with Crippen LogP contribution in [0.1, 0.15) is 59.1 Å². The standard InChI is InChI=1S/C21H32FN2O3P/c1-6-18-21(19(22)20(26-18)17-11-8-7-9-12-17)27-28(25-14-10-13-23)24(15(2)3)16(4)5/h7-9,11-12,15-16,18-21H,6,10,14H2,1-5H3/t18-,19+,20+,21-,28?/m1/s1. The molecule has 1 saturated heterocycles. The number of nitriles is 1. The number of hydrogen-bond donors (Lipinski definition) is 0. The van der Waals surface area contributed by atoms with Gasteiger partial charge in [0.1, 0.15) is 12.2 Å². The summed E-state index contributed by atoms with van der Waals surface area (Å²) in [6.45, 7) is 10.5. The summed E-state index contributed by atoms with van der Waals surface area (Å²) in [7, 11) is -1.51. The Morgan fingerprint density at radius 2 is 1.86 bits per heavy atom. The van der Waals surface area contributed by atoms with E-state index >= 15 is 4.39 Å². The van der Waals surface area contributed by atoms with Gasteiger partial charge in [-0.3, -0.25) is 0 Å². The molecule has 1 aromatic carbocycles. The molecule has 28 heavy (non-hydrogen) atoms. The van der Waals surface area contributed by atoms with Gasteiger partial charge in [0.25, 0.3) is 8.53 Å². The molecule has 2 rings (SSSR count). The van der Waals surface area contributed by atoms with Crippen molar-refractivity contribution < 1.29 is 18.2 Å². The van der Waals surface area contributed by atoms with Crippen LogP contribution in [0.25, 0.3) is 0 Å². The fourth-order valence-corrected chi connectivity index (χ4v) is 5.24. The maximum atomic E-state index is 15.4. The molecular formula is C21H32FN2O3P. The summed E-state index contributed by atoms with van der Waals surface area (Å²) < 4.78 is 35.8. The number of halogens is 1. The molecule has 0 N–H and O–H groups in total. The first-order chi connectivity index (χ1) is 13.4. The number of benzene rings is 1. The van der Waals surface area contributed by atoms with E-state index in [9.17, 15) is 0 Å². The Morgan fingerprint density at radius 3 is 2.39 bits per heavy atom. The second-order valence-corrected chi connectivity index (χ2v) is 8.88. The van der Waals surface area contributed by atoms with Crippen LogP contribution in [0.3, 0.4) is 0 Å². The third-order valence-corrected chi connectivity index (χ3v) is 6.82. The van der Waals surface area contributed by atoms with Crippen LogP contribution in [-0.4, -0.2) is 41.7 Å². The smallest absolute Gasteiger partial charge is 0.259 e. The lowest BCUT2D eigenvalue weighted by atomic mass is 10.0. The van der Waals surface area contributed by atoms with Gasteiger partial charge in [-0.2, -0.15) is 5.26 Å². The van der Waals surface area contributed by atoms with Crippen molar-refractivity contribution in [3.8, 4) is 6.07 Å². The van der Waals surface area contributed by atoms with E-state index in [1.54, 1.807) is 0 Å². The molecule has 0 aromatic heterocycles. The van der Waals surface area contributed by atoms with Crippen molar-refractivity contribution in [2.45, 2.75) is 84.0 Å². The van der Waals surface area contributed by atoms with Crippen LogP contribution in [0.2, 0.25) is 0 Å². The highest BCUT2D eigenvalue weighted by molar-refractivity contribution is 7.44. The minimum atomic E-state index is -1.51. The molecule has 1 aliphatic rings. The fraction of sp³-hybridized carbons (Fsp3) is 0.667. The minimum absolute atomic E-state index is 0.165. The zero-order chi connectivity index (χ0) is 20.7. The van der Waals surface area contributed by atoms with Gasteiger partial charge in [-0.25, -0.2) is 9.06 Å². The lowest BCUT2D eigenvalue weighted by molar-refractivity contribution is 0.00900. The Hall–Kier alpha value is -1.09. The summed E-state index contributed by atoms with van der Waals surface area (Å²) >= 11 is 0. The summed E-state index contributed by atoms with van der Waals surface area (Å²) in [5, 5.41) is 8.85. The highest BCUT2D eigenvalue weighted by Crippen LogP contribution is 2.51. The van der Waals surface area contributed by atoms with Gasteiger partial charge in [0.15, 0.2) is 6.17 Å². The topological polar surface area (TPSA) is 54.7 Å². The highest BCUT2D eigenvalue weighted by atomic mass is 31.2. The summed E-state index contributed by atoms with van der Waals surface area (Å²) in [6.07, 6.45) is -2.04. The second kappa shape index (κ2) is 11.2. The van der Waals surface area contributed by atoms with Crippen molar-refractivity contribution in [1.82, 2.24) is 4.67 Å². The molecular weight excluding hydrogens is 378 g/mol. The first kappa shape index (κ1) is 23.2. The molecule has 1 aliphatic heterocycles. The quantitative estimate of drug-likeness (QED) is 0.375. The van der Waals surface area contributed by atoms with Gasteiger partial charge in [0.05, 0.1) is 25.2 Å². The van der Waals surface area contributed by atoms with Crippen LogP contribution in [0, 0.1) is 11.3 Å². The van der Waals surface area contributed by atoms with Gasteiger partial charge in [0.2, 0.25) is 0 Å². The Labute approximate surface area is 169 Å². The molecule has 1 heterocycles. The van der Waals surface area contributed by atoms with Gasteiger partial charge in [0, 0.05) is 12.1 Å². The fourth-order valence-electron chi connectivity index (χ4n) is 3.48. The predicted octanol–water partition coefficient (Wildman–Crippen LogP) is 5.54. The molecule has 1 unspecified atom stereocenters. The largest absolute Gasteiger partial charge is 0.364 e. The van der Waals surface area contributed by atoms with E-state index < -0.39 is 26.9 Å². The van der Waals surface area contributed by atoms with Gasteiger partial charge >= 0.3 is 0 Å². The van der Waals surface area contributed by atoms with Crippen LogP contribution >= 0.6 is 8.53 Å². The molecule has 7 heteroatoms. The number of rotatable bonds is 10. The predicted molar refractivity (Wildman–Crippen MR) is 109 cm³/mol. The third kappa shape index (κ3) is 5.72. The highest BCUT2D eigenvalue weighted by Gasteiger charge is 2.48. The Kier molecular flexibility index (Phi) is 9.27. The molecule has 0 aliphatic carbocycles. The molecule has 5 nitrogen and oxygen atoms in total. The number of nitrogens with zero attached hydrogens (tertiary/aromatic N) is 2.